The number of carbonyl (C=O) groups is 1. The topological polar surface area (TPSA) is 60.2 Å². The van der Waals surface area contributed by atoms with Crippen LogP contribution in [0.25, 0.3) is 21.9 Å². The molecule has 0 unspecified atom stereocenters. The molecule has 144 valence electrons. The van der Waals surface area contributed by atoms with Crippen LogP contribution in [0.5, 0.6) is 0 Å². The number of aromatic nitrogens is 3. The smallest absolute Gasteiger partial charge is 0.415 e. The van der Waals surface area contributed by atoms with Crippen molar-refractivity contribution in [2.45, 2.75) is 46.6 Å². The monoisotopic (exact) mass is 368 g/mol. The molecule has 1 aromatic carbocycles. The number of para-hydroxylation sites is 1. The molecule has 0 aliphatic rings. The fourth-order valence-electron chi connectivity index (χ4n) is 3.23. The fourth-order valence-corrected chi connectivity index (χ4v) is 3.23. The van der Waals surface area contributed by atoms with Gasteiger partial charge in [0, 0.05) is 19.0 Å². The lowest BCUT2D eigenvalue weighted by atomic mass is 10.1. The van der Waals surface area contributed by atoms with E-state index in [9.17, 15) is 4.79 Å². The Balaban J connectivity index is 2.01. The van der Waals surface area contributed by atoms with Crippen molar-refractivity contribution in [1.82, 2.24) is 14.5 Å². The van der Waals surface area contributed by atoms with Gasteiger partial charge in [0.15, 0.2) is 5.82 Å². The average Bonchev–Trinajstić information content (AvgIpc) is 3.07. The van der Waals surface area contributed by atoms with Crippen molar-refractivity contribution < 1.29 is 9.53 Å². The van der Waals surface area contributed by atoms with Crippen LogP contribution in [-0.4, -0.2) is 34.3 Å². The van der Waals surface area contributed by atoms with Gasteiger partial charge in [-0.1, -0.05) is 51.8 Å². The number of unbranched alkanes of at least 4 members (excludes halogenated alkanes) is 2. The van der Waals surface area contributed by atoms with E-state index in [4.69, 9.17) is 9.72 Å². The number of benzene rings is 1. The SMILES string of the molecule is CCCCCOC(=O)N(C)c1nc2ccccc2c2c1ncn2CC(C)C. The van der Waals surface area contributed by atoms with E-state index in [0.717, 1.165) is 47.7 Å². The summed E-state index contributed by atoms with van der Waals surface area (Å²) in [7, 11) is 1.69. The summed E-state index contributed by atoms with van der Waals surface area (Å²) >= 11 is 0. The molecule has 6 heteroatoms. The molecule has 0 atom stereocenters. The molecule has 0 saturated carbocycles. The molecule has 1 amide bonds. The maximum absolute atomic E-state index is 12.5. The molecule has 0 aliphatic carbocycles. The molecule has 0 radical (unpaired) electrons. The maximum Gasteiger partial charge on any atom is 0.415 e. The van der Waals surface area contributed by atoms with Gasteiger partial charge >= 0.3 is 6.09 Å². The molecule has 0 saturated heterocycles. The number of rotatable bonds is 7. The van der Waals surface area contributed by atoms with Crippen molar-refractivity contribution in [2.75, 3.05) is 18.6 Å². The lowest BCUT2D eigenvalue weighted by Gasteiger charge is -2.18. The number of hydrogen-bond acceptors (Lipinski definition) is 4. The van der Waals surface area contributed by atoms with E-state index < -0.39 is 6.09 Å². The Morgan fingerprint density at radius 2 is 2.04 bits per heavy atom. The second kappa shape index (κ2) is 8.37. The molecule has 0 fully saturated rings. The van der Waals surface area contributed by atoms with E-state index in [-0.39, 0.29) is 0 Å². The molecule has 3 rings (SSSR count). The third kappa shape index (κ3) is 4.04. The lowest BCUT2D eigenvalue weighted by molar-refractivity contribution is 0.152. The first kappa shape index (κ1) is 19.1. The number of imidazole rings is 1. The van der Waals surface area contributed by atoms with Crippen molar-refractivity contribution in [1.29, 1.82) is 0 Å². The highest BCUT2D eigenvalue weighted by Gasteiger charge is 2.21. The Labute approximate surface area is 160 Å². The maximum atomic E-state index is 12.5. The summed E-state index contributed by atoms with van der Waals surface area (Å²) < 4.78 is 7.55. The van der Waals surface area contributed by atoms with Gasteiger partial charge < -0.3 is 9.30 Å². The fraction of sp³-hybridized carbons (Fsp3) is 0.476. The quantitative estimate of drug-likeness (QED) is 0.550. The minimum Gasteiger partial charge on any atom is -0.449 e. The first-order chi connectivity index (χ1) is 13.0. The molecule has 3 aromatic rings. The third-order valence-electron chi connectivity index (χ3n) is 4.56. The molecule has 0 spiro atoms. The van der Waals surface area contributed by atoms with Crippen molar-refractivity contribution in [3.05, 3.63) is 30.6 Å². The Kier molecular flexibility index (Phi) is 5.94. The Hall–Kier alpha value is -2.63. The van der Waals surface area contributed by atoms with Crippen LogP contribution < -0.4 is 4.90 Å². The number of fused-ring (bicyclic) bond motifs is 3. The molecule has 27 heavy (non-hydrogen) atoms. The zero-order valence-electron chi connectivity index (χ0n) is 16.6. The van der Waals surface area contributed by atoms with Gasteiger partial charge in [0.25, 0.3) is 0 Å². The van der Waals surface area contributed by atoms with Crippen LogP contribution in [0.15, 0.2) is 30.6 Å². The number of amides is 1. The minimum absolute atomic E-state index is 0.395. The minimum atomic E-state index is -0.395. The number of anilines is 1. The highest BCUT2D eigenvalue weighted by atomic mass is 16.6. The van der Waals surface area contributed by atoms with E-state index >= 15 is 0 Å². The van der Waals surface area contributed by atoms with Crippen LogP contribution in [0.3, 0.4) is 0 Å². The van der Waals surface area contributed by atoms with E-state index in [1.54, 1.807) is 7.05 Å². The second-order valence-corrected chi connectivity index (χ2v) is 7.32. The first-order valence-electron chi connectivity index (χ1n) is 9.67. The molecule has 0 aliphatic heterocycles. The summed E-state index contributed by atoms with van der Waals surface area (Å²) in [5, 5.41) is 1.04. The van der Waals surface area contributed by atoms with Gasteiger partial charge in [-0.15, -0.1) is 0 Å². The van der Waals surface area contributed by atoms with Crippen LogP contribution in [0.1, 0.15) is 40.0 Å². The van der Waals surface area contributed by atoms with Gasteiger partial charge in [0.1, 0.15) is 5.52 Å². The predicted molar refractivity (Wildman–Crippen MR) is 109 cm³/mol. The number of nitrogens with zero attached hydrogens (tertiary/aromatic N) is 4. The molecular weight excluding hydrogens is 340 g/mol. The van der Waals surface area contributed by atoms with E-state index in [2.05, 4.69) is 36.4 Å². The average molecular weight is 368 g/mol. The van der Waals surface area contributed by atoms with Gasteiger partial charge in [-0.2, -0.15) is 0 Å². The Bertz CT molecular complexity index is 932. The van der Waals surface area contributed by atoms with E-state index in [1.165, 1.54) is 4.90 Å². The van der Waals surface area contributed by atoms with Crippen LogP contribution in [0.2, 0.25) is 0 Å². The zero-order chi connectivity index (χ0) is 19.4. The summed E-state index contributed by atoms with van der Waals surface area (Å²) in [6.07, 6.45) is 4.46. The molecule has 0 bridgehead atoms. The summed E-state index contributed by atoms with van der Waals surface area (Å²) in [5.41, 5.74) is 2.58. The van der Waals surface area contributed by atoms with Gasteiger partial charge in [-0.3, -0.25) is 4.90 Å². The summed E-state index contributed by atoms with van der Waals surface area (Å²) in [6.45, 7) is 7.76. The predicted octanol–water partition coefficient (Wildman–Crippen LogP) is 5.00. The molecular formula is C21H28N4O2. The van der Waals surface area contributed by atoms with Crippen LogP contribution in [-0.2, 0) is 11.3 Å². The largest absolute Gasteiger partial charge is 0.449 e. The van der Waals surface area contributed by atoms with Crippen molar-refractivity contribution in [3.8, 4) is 0 Å². The van der Waals surface area contributed by atoms with Gasteiger partial charge in [-0.25, -0.2) is 14.8 Å². The van der Waals surface area contributed by atoms with Crippen LogP contribution in [0.4, 0.5) is 10.6 Å². The molecule has 6 nitrogen and oxygen atoms in total. The standard InChI is InChI=1S/C21H28N4O2/c1-5-6-9-12-27-21(26)24(4)20-18-19(25(14-22-18)13-15(2)3)16-10-7-8-11-17(16)23-20/h7-8,10-11,14-15H,5-6,9,12-13H2,1-4H3. The van der Waals surface area contributed by atoms with E-state index in [0.29, 0.717) is 18.3 Å². The lowest BCUT2D eigenvalue weighted by Crippen LogP contribution is -2.28. The van der Waals surface area contributed by atoms with Crippen LogP contribution in [0, 0.1) is 5.92 Å². The normalized spacial score (nSPS) is 11.4. The highest BCUT2D eigenvalue weighted by molar-refractivity contribution is 6.09. The second-order valence-electron chi connectivity index (χ2n) is 7.32. The van der Waals surface area contributed by atoms with Gasteiger partial charge in [0.05, 0.1) is 24.0 Å². The third-order valence-corrected chi connectivity index (χ3v) is 4.56. The van der Waals surface area contributed by atoms with Crippen LogP contribution >= 0.6 is 0 Å². The van der Waals surface area contributed by atoms with Crippen molar-refractivity contribution in [2.24, 2.45) is 5.92 Å². The van der Waals surface area contributed by atoms with Gasteiger partial charge in [0.2, 0.25) is 0 Å². The number of ether oxygens (including phenoxy) is 1. The molecule has 0 N–H and O–H groups in total. The first-order valence-corrected chi connectivity index (χ1v) is 9.67. The highest BCUT2D eigenvalue weighted by Crippen LogP contribution is 2.31. The number of hydrogen-bond donors (Lipinski definition) is 0. The zero-order valence-corrected chi connectivity index (χ0v) is 16.6. The summed E-state index contributed by atoms with van der Waals surface area (Å²) in [4.78, 5) is 23.3. The van der Waals surface area contributed by atoms with Crippen molar-refractivity contribution in [3.63, 3.8) is 0 Å². The summed E-state index contributed by atoms with van der Waals surface area (Å²) in [6, 6.07) is 7.97. The Morgan fingerprint density at radius 1 is 1.26 bits per heavy atom. The molecule has 2 aromatic heterocycles. The summed E-state index contributed by atoms with van der Waals surface area (Å²) in [5.74, 6) is 1.02. The van der Waals surface area contributed by atoms with Gasteiger partial charge in [-0.05, 0) is 18.4 Å². The Morgan fingerprint density at radius 3 is 2.78 bits per heavy atom. The molecule has 2 heterocycles. The van der Waals surface area contributed by atoms with E-state index in [1.807, 2.05) is 24.5 Å². The number of carbonyl (C=O) groups excluding carboxylic acids is 1. The number of pyridine rings is 1. The van der Waals surface area contributed by atoms with Crippen molar-refractivity contribution >= 4 is 33.8 Å².